The van der Waals surface area contributed by atoms with E-state index in [4.69, 9.17) is 0 Å². The first-order chi connectivity index (χ1) is 10.1. The average molecular weight is 309 g/mol. The third-order valence-electron chi connectivity index (χ3n) is 3.25. The number of carbonyl (C=O) groups excluding carboxylic acids is 1. The molecule has 0 bridgehead atoms. The zero-order valence-corrected chi connectivity index (χ0v) is 14.3. The molecule has 1 heterocycles. The van der Waals surface area contributed by atoms with Gasteiger partial charge in [-0.15, -0.1) is 0 Å². The number of anilines is 1. The first-order valence-corrected chi connectivity index (χ1v) is 9.08. The van der Waals surface area contributed by atoms with E-state index in [2.05, 4.69) is 42.6 Å². The number of amides is 1. The van der Waals surface area contributed by atoms with Crippen molar-refractivity contribution in [1.29, 1.82) is 0 Å². The van der Waals surface area contributed by atoms with Gasteiger partial charge < -0.3 is 10.6 Å². The van der Waals surface area contributed by atoms with Gasteiger partial charge in [0, 0.05) is 29.6 Å². The Balaban J connectivity index is 2.86. The van der Waals surface area contributed by atoms with E-state index < -0.39 is 0 Å². The summed E-state index contributed by atoms with van der Waals surface area (Å²) in [4.78, 5) is 16.9. The predicted molar refractivity (Wildman–Crippen MR) is 92.3 cm³/mol. The van der Waals surface area contributed by atoms with Crippen molar-refractivity contribution < 1.29 is 4.79 Å². The molecule has 1 rings (SSSR count). The van der Waals surface area contributed by atoms with Gasteiger partial charge >= 0.3 is 0 Å². The number of rotatable bonds is 9. The molecule has 1 aromatic rings. The fourth-order valence-electron chi connectivity index (χ4n) is 1.98. The molecule has 1 unspecified atom stereocenters. The molecule has 0 aromatic carbocycles. The molecule has 0 aliphatic heterocycles. The fraction of sp³-hybridized carbons (Fsp3) is 0.625. The van der Waals surface area contributed by atoms with Crippen molar-refractivity contribution in [2.45, 2.75) is 46.1 Å². The summed E-state index contributed by atoms with van der Waals surface area (Å²) in [5, 5.41) is 6.36. The van der Waals surface area contributed by atoms with Crippen LogP contribution < -0.4 is 10.6 Å². The van der Waals surface area contributed by atoms with Gasteiger partial charge in [0.25, 0.3) is 5.91 Å². The van der Waals surface area contributed by atoms with Gasteiger partial charge in [-0.05, 0) is 37.7 Å². The average Bonchev–Trinajstić information content (AvgIpc) is 2.51. The number of thioether (sulfide) groups is 1. The molecule has 0 aliphatic rings. The summed E-state index contributed by atoms with van der Waals surface area (Å²) in [7, 11) is 0. The molecule has 0 fully saturated rings. The highest BCUT2D eigenvalue weighted by atomic mass is 32.2. The van der Waals surface area contributed by atoms with E-state index in [-0.39, 0.29) is 11.9 Å². The van der Waals surface area contributed by atoms with Crippen LogP contribution in [0.25, 0.3) is 0 Å². The van der Waals surface area contributed by atoms with Crippen molar-refractivity contribution in [3.8, 4) is 0 Å². The zero-order chi connectivity index (χ0) is 15.7. The molecular weight excluding hydrogens is 282 g/mol. The van der Waals surface area contributed by atoms with Gasteiger partial charge in [-0.2, -0.15) is 11.8 Å². The maximum Gasteiger partial charge on any atom is 0.251 e. The van der Waals surface area contributed by atoms with Gasteiger partial charge in [-0.3, -0.25) is 4.79 Å². The van der Waals surface area contributed by atoms with E-state index in [1.807, 2.05) is 12.1 Å². The van der Waals surface area contributed by atoms with Crippen molar-refractivity contribution in [2.24, 2.45) is 0 Å². The second kappa shape index (κ2) is 9.66. The molecule has 1 atom stereocenters. The van der Waals surface area contributed by atoms with E-state index in [1.165, 1.54) is 0 Å². The van der Waals surface area contributed by atoms with Crippen LogP contribution in [0.15, 0.2) is 12.1 Å². The van der Waals surface area contributed by atoms with Gasteiger partial charge in [0.2, 0.25) is 0 Å². The molecule has 1 aromatic heterocycles. The van der Waals surface area contributed by atoms with Gasteiger partial charge in [-0.25, -0.2) is 4.98 Å². The van der Waals surface area contributed by atoms with E-state index in [1.54, 1.807) is 11.8 Å². The molecule has 0 saturated heterocycles. The summed E-state index contributed by atoms with van der Waals surface area (Å²) >= 11 is 1.75. The molecule has 21 heavy (non-hydrogen) atoms. The molecule has 4 nitrogen and oxygen atoms in total. The largest absolute Gasteiger partial charge is 0.370 e. The summed E-state index contributed by atoms with van der Waals surface area (Å²) in [6.07, 6.45) is 4.86. The van der Waals surface area contributed by atoms with Crippen molar-refractivity contribution >= 4 is 23.5 Å². The minimum absolute atomic E-state index is 0.00690. The highest BCUT2D eigenvalue weighted by molar-refractivity contribution is 7.98. The van der Waals surface area contributed by atoms with Crippen molar-refractivity contribution in [3.05, 3.63) is 23.4 Å². The van der Waals surface area contributed by atoms with Crippen LogP contribution in [0.2, 0.25) is 0 Å². The van der Waals surface area contributed by atoms with E-state index in [9.17, 15) is 4.79 Å². The first-order valence-electron chi connectivity index (χ1n) is 7.69. The Morgan fingerprint density at radius 2 is 2.10 bits per heavy atom. The highest BCUT2D eigenvalue weighted by Crippen LogP contribution is 2.12. The number of pyridine rings is 1. The zero-order valence-electron chi connectivity index (χ0n) is 13.5. The van der Waals surface area contributed by atoms with E-state index in [0.29, 0.717) is 5.56 Å². The maximum absolute atomic E-state index is 12.4. The lowest BCUT2D eigenvalue weighted by Gasteiger charge is -2.16. The lowest BCUT2D eigenvalue weighted by molar-refractivity contribution is 0.0940. The molecule has 5 heteroatoms. The predicted octanol–water partition coefficient (Wildman–Crippen LogP) is 3.34. The molecule has 0 aliphatic carbocycles. The lowest BCUT2D eigenvalue weighted by atomic mass is 10.1. The second-order valence-electron chi connectivity index (χ2n) is 5.05. The molecule has 0 spiro atoms. The Kier molecular flexibility index (Phi) is 8.20. The van der Waals surface area contributed by atoms with E-state index in [0.717, 1.165) is 43.1 Å². The highest BCUT2D eigenvalue weighted by Gasteiger charge is 2.13. The summed E-state index contributed by atoms with van der Waals surface area (Å²) in [5.41, 5.74) is 1.64. The monoisotopic (exact) mass is 309 g/mol. The standard InChI is InChI=1S/C16H27N3OS/c1-5-8-17-15-10-12(9-13(6-2)18-15)16(20)19-14(7-3)11-21-4/h9-10,14H,5-8,11H2,1-4H3,(H,17,18)(H,19,20). The van der Waals surface area contributed by atoms with Crippen molar-refractivity contribution in [1.82, 2.24) is 10.3 Å². The quantitative estimate of drug-likeness (QED) is 0.734. The SMILES string of the molecule is CCCNc1cc(C(=O)NC(CC)CSC)cc(CC)n1. The van der Waals surface area contributed by atoms with Crippen molar-refractivity contribution in [2.75, 3.05) is 23.9 Å². The second-order valence-corrected chi connectivity index (χ2v) is 5.96. The first kappa shape index (κ1) is 17.8. The summed E-state index contributed by atoms with van der Waals surface area (Å²) < 4.78 is 0. The molecule has 118 valence electrons. The number of nitrogens with one attached hydrogen (secondary N) is 2. The molecule has 2 N–H and O–H groups in total. The summed E-state index contributed by atoms with van der Waals surface area (Å²) in [5.74, 6) is 1.72. The maximum atomic E-state index is 12.4. The normalized spacial score (nSPS) is 12.0. The third kappa shape index (κ3) is 5.96. The topological polar surface area (TPSA) is 54.0 Å². The Morgan fingerprint density at radius 3 is 2.67 bits per heavy atom. The number of nitrogens with zero attached hydrogens (tertiary/aromatic N) is 1. The molecule has 0 radical (unpaired) electrons. The lowest BCUT2D eigenvalue weighted by Crippen LogP contribution is -2.36. The van der Waals surface area contributed by atoms with Gasteiger partial charge in [-0.1, -0.05) is 20.8 Å². The Bertz CT molecular complexity index is 451. The Labute approximate surface area is 132 Å². The number of aryl methyl sites for hydroxylation is 1. The number of carbonyl (C=O) groups is 1. The Hall–Kier alpha value is -1.23. The van der Waals surface area contributed by atoms with Crippen molar-refractivity contribution in [3.63, 3.8) is 0 Å². The number of hydrogen-bond donors (Lipinski definition) is 2. The minimum Gasteiger partial charge on any atom is -0.370 e. The van der Waals surface area contributed by atoms with Gasteiger partial charge in [0.1, 0.15) is 5.82 Å². The molecule has 0 saturated carbocycles. The summed E-state index contributed by atoms with van der Waals surface area (Å²) in [6.45, 7) is 7.12. The van der Waals surface area contributed by atoms with Crippen LogP contribution in [0.1, 0.15) is 49.7 Å². The van der Waals surface area contributed by atoms with E-state index >= 15 is 0 Å². The molecular formula is C16H27N3OS. The van der Waals surface area contributed by atoms with Crippen LogP contribution in [-0.4, -0.2) is 35.5 Å². The fourth-order valence-corrected chi connectivity index (χ4v) is 2.70. The van der Waals surface area contributed by atoms with Crippen LogP contribution in [0.3, 0.4) is 0 Å². The summed E-state index contributed by atoms with van der Waals surface area (Å²) in [6, 6.07) is 3.95. The Morgan fingerprint density at radius 1 is 1.33 bits per heavy atom. The van der Waals surface area contributed by atoms with Gasteiger partial charge in [0.05, 0.1) is 0 Å². The molecule has 1 amide bonds. The van der Waals surface area contributed by atoms with Crippen LogP contribution in [0.4, 0.5) is 5.82 Å². The minimum atomic E-state index is -0.00690. The van der Waals surface area contributed by atoms with Crippen LogP contribution in [-0.2, 0) is 6.42 Å². The van der Waals surface area contributed by atoms with Crippen LogP contribution in [0.5, 0.6) is 0 Å². The van der Waals surface area contributed by atoms with Crippen LogP contribution >= 0.6 is 11.8 Å². The van der Waals surface area contributed by atoms with Gasteiger partial charge in [0.15, 0.2) is 0 Å². The number of hydrogen-bond acceptors (Lipinski definition) is 4. The third-order valence-corrected chi connectivity index (χ3v) is 3.99. The number of aromatic nitrogens is 1. The smallest absolute Gasteiger partial charge is 0.251 e. The van der Waals surface area contributed by atoms with Crippen LogP contribution in [0, 0.1) is 0 Å².